The van der Waals surface area contributed by atoms with Crippen LogP contribution in [0, 0.1) is 0 Å². The minimum absolute atomic E-state index is 0.452. The third kappa shape index (κ3) is 2.71. The largest absolute Gasteiger partial charge is 0.480 e. The number of rotatable bonds is 3. The van der Waals surface area contributed by atoms with Crippen molar-refractivity contribution in [2.45, 2.75) is 62.9 Å². The third-order valence-corrected chi connectivity index (χ3v) is 5.57. The molecule has 0 amide bonds. The Labute approximate surface area is 127 Å². The van der Waals surface area contributed by atoms with Gasteiger partial charge >= 0.3 is 5.97 Å². The topological polar surface area (TPSA) is 40.5 Å². The number of carboxylic acids is 1. The van der Waals surface area contributed by atoms with Crippen molar-refractivity contribution >= 4 is 5.97 Å². The molecule has 114 valence electrons. The summed E-state index contributed by atoms with van der Waals surface area (Å²) in [4.78, 5) is 13.9. The summed E-state index contributed by atoms with van der Waals surface area (Å²) >= 11 is 0. The number of carboxylic acid groups (broad SMARTS) is 1. The molecule has 1 saturated heterocycles. The van der Waals surface area contributed by atoms with Crippen molar-refractivity contribution in [3.05, 3.63) is 35.9 Å². The molecular formula is C18H25NO2. The fourth-order valence-corrected chi connectivity index (χ4v) is 4.25. The van der Waals surface area contributed by atoms with Gasteiger partial charge in [0.05, 0.1) is 0 Å². The molecule has 3 heteroatoms. The predicted octanol–water partition coefficient (Wildman–Crippen LogP) is 3.65. The zero-order chi connectivity index (χ0) is 14.9. The number of nitrogens with zero attached hydrogens (tertiary/aromatic N) is 1. The van der Waals surface area contributed by atoms with Gasteiger partial charge < -0.3 is 5.11 Å². The van der Waals surface area contributed by atoms with Crippen molar-refractivity contribution in [2.24, 2.45) is 0 Å². The maximum absolute atomic E-state index is 11.6. The highest BCUT2D eigenvalue weighted by Crippen LogP contribution is 2.40. The Morgan fingerprint density at radius 1 is 1.19 bits per heavy atom. The molecule has 3 rings (SSSR count). The molecule has 21 heavy (non-hydrogen) atoms. The van der Waals surface area contributed by atoms with Crippen LogP contribution >= 0.6 is 0 Å². The molecule has 0 radical (unpaired) electrons. The number of hydrogen-bond donors (Lipinski definition) is 1. The normalized spacial score (nSPS) is 34.0. The number of aliphatic carboxylic acids is 1. The highest BCUT2D eigenvalue weighted by atomic mass is 16.4. The minimum Gasteiger partial charge on any atom is -0.480 e. The van der Waals surface area contributed by atoms with Gasteiger partial charge in [0, 0.05) is 6.04 Å². The summed E-state index contributed by atoms with van der Waals surface area (Å²) in [5.41, 5.74) is 0.808. The standard InChI is InChI=1S/C18H25NO2/c1-18(17(20)21)12-5-13-19(18)16-10-8-15(9-11-16)14-6-3-2-4-7-14/h2-4,6-7,15-16H,5,8-13H2,1H3,(H,20,21). The predicted molar refractivity (Wildman–Crippen MR) is 83.4 cm³/mol. The van der Waals surface area contributed by atoms with E-state index in [9.17, 15) is 9.90 Å². The van der Waals surface area contributed by atoms with Gasteiger partial charge in [0.25, 0.3) is 0 Å². The lowest BCUT2D eigenvalue weighted by Crippen LogP contribution is -2.53. The Morgan fingerprint density at radius 3 is 2.48 bits per heavy atom. The second-order valence-electron chi connectivity index (χ2n) is 6.79. The van der Waals surface area contributed by atoms with Crippen LogP contribution in [0.5, 0.6) is 0 Å². The molecule has 1 saturated carbocycles. The van der Waals surface area contributed by atoms with Crippen LogP contribution < -0.4 is 0 Å². The van der Waals surface area contributed by atoms with E-state index in [4.69, 9.17) is 0 Å². The fourth-order valence-electron chi connectivity index (χ4n) is 4.25. The molecule has 1 heterocycles. The summed E-state index contributed by atoms with van der Waals surface area (Å²) in [6, 6.07) is 11.2. The van der Waals surface area contributed by atoms with E-state index < -0.39 is 11.5 Å². The first kappa shape index (κ1) is 14.6. The number of carbonyl (C=O) groups is 1. The van der Waals surface area contributed by atoms with Crippen LogP contribution in [-0.4, -0.2) is 34.1 Å². The molecule has 0 aromatic heterocycles. The lowest BCUT2D eigenvalue weighted by molar-refractivity contribution is -0.150. The molecule has 2 fully saturated rings. The SMILES string of the molecule is CC1(C(=O)O)CCCN1C1CCC(c2ccccc2)CC1. The van der Waals surface area contributed by atoms with Gasteiger partial charge in [-0.1, -0.05) is 30.3 Å². The molecule has 1 aromatic carbocycles. The summed E-state index contributed by atoms with van der Waals surface area (Å²) in [5, 5.41) is 9.56. The molecule has 3 nitrogen and oxygen atoms in total. The van der Waals surface area contributed by atoms with Gasteiger partial charge in [-0.25, -0.2) is 0 Å². The molecule has 1 atom stereocenters. The Morgan fingerprint density at radius 2 is 1.86 bits per heavy atom. The second-order valence-corrected chi connectivity index (χ2v) is 6.79. The summed E-state index contributed by atoms with van der Waals surface area (Å²) in [5.74, 6) is 0.00585. The van der Waals surface area contributed by atoms with Crippen LogP contribution in [-0.2, 0) is 4.79 Å². The van der Waals surface area contributed by atoms with E-state index in [1.807, 2.05) is 6.92 Å². The lowest BCUT2D eigenvalue weighted by atomic mass is 9.80. The van der Waals surface area contributed by atoms with Gasteiger partial charge in [0.15, 0.2) is 0 Å². The van der Waals surface area contributed by atoms with Crippen LogP contribution in [0.1, 0.15) is 56.9 Å². The molecule has 0 spiro atoms. The Hall–Kier alpha value is -1.35. The highest BCUT2D eigenvalue weighted by Gasteiger charge is 2.46. The van der Waals surface area contributed by atoms with Crippen molar-refractivity contribution in [1.82, 2.24) is 4.90 Å². The zero-order valence-electron chi connectivity index (χ0n) is 12.8. The molecule has 0 bridgehead atoms. The van der Waals surface area contributed by atoms with E-state index in [0.717, 1.165) is 32.2 Å². The minimum atomic E-state index is -0.648. The van der Waals surface area contributed by atoms with Gasteiger partial charge in [0.2, 0.25) is 0 Å². The molecule has 1 unspecified atom stereocenters. The zero-order valence-corrected chi connectivity index (χ0v) is 12.8. The van der Waals surface area contributed by atoms with Crippen LogP contribution in [0.4, 0.5) is 0 Å². The average Bonchev–Trinajstić information content (AvgIpc) is 2.92. The molecular weight excluding hydrogens is 262 g/mol. The van der Waals surface area contributed by atoms with Gasteiger partial charge in [0.1, 0.15) is 5.54 Å². The summed E-state index contributed by atoms with van der Waals surface area (Å²) < 4.78 is 0. The van der Waals surface area contributed by atoms with Gasteiger partial charge in [-0.2, -0.15) is 0 Å². The van der Waals surface area contributed by atoms with E-state index >= 15 is 0 Å². The van der Waals surface area contributed by atoms with Gasteiger partial charge in [-0.15, -0.1) is 0 Å². The van der Waals surface area contributed by atoms with E-state index in [2.05, 4.69) is 35.2 Å². The molecule has 1 aliphatic heterocycles. The van der Waals surface area contributed by atoms with Gasteiger partial charge in [-0.05, 0) is 63.5 Å². The first-order valence-corrected chi connectivity index (χ1v) is 8.16. The van der Waals surface area contributed by atoms with Crippen LogP contribution in [0.3, 0.4) is 0 Å². The Kier molecular flexibility index (Phi) is 4.03. The first-order chi connectivity index (χ1) is 10.1. The van der Waals surface area contributed by atoms with E-state index in [1.165, 1.54) is 18.4 Å². The number of benzene rings is 1. The van der Waals surface area contributed by atoms with E-state index in [-0.39, 0.29) is 0 Å². The summed E-state index contributed by atoms with van der Waals surface area (Å²) in [6.07, 6.45) is 6.43. The van der Waals surface area contributed by atoms with Crippen LogP contribution in [0.2, 0.25) is 0 Å². The maximum Gasteiger partial charge on any atom is 0.323 e. The van der Waals surface area contributed by atoms with Crippen molar-refractivity contribution in [2.75, 3.05) is 6.54 Å². The first-order valence-electron chi connectivity index (χ1n) is 8.16. The Bertz CT molecular complexity index is 493. The monoisotopic (exact) mass is 287 g/mol. The molecule has 1 aliphatic carbocycles. The number of likely N-dealkylation sites (tertiary alicyclic amines) is 1. The smallest absolute Gasteiger partial charge is 0.323 e. The van der Waals surface area contributed by atoms with Crippen LogP contribution in [0.15, 0.2) is 30.3 Å². The third-order valence-electron chi connectivity index (χ3n) is 5.57. The van der Waals surface area contributed by atoms with E-state index in [1.54, 1.807) is 0 Å². The fraction of sp³-hybridized carbons (Fsp3) is 0.611. The quantitative estimate of drug-likeness (QED) is 0.922. The molecule has 2 aliphatic rings. The van der Waals surface area contributed by atoms with Gasteiger partial charge in [-0.3, -0.25) is 9.69 Å². The highest BCUT2D eigenvalue weighted by molar-refractivity contribution is 5.78. The van der Waals surface area contributed by atoms with Crippen molar-refractivity contribution in [3.8, 4) is 0 Å². The Balaban J connectivity index is 1.65. The van der Waals surface area contributed by atoms with Crippen molar-refractivity contribution in [3.63, 3.8) is 0 Å². The van der Waals surface area contributed by atoms with Crippen molar-refractivity contribution < 1.29 is 9.90 Å². The average molecular weight is 287 g/mol. The molecule has 1 N–H and O–H groups in total. The molecule has 1 aromatic rings. The summed E-state index contributed by atoms with van der Waals surface area (Å²) in [7, 11) is 0. The van der Waals surface area contributed by atoms with Crippen molar-refractivity contribution in [1.29, 1.82) is 0 Å². The summed E-state index contributed by atoms with van der Waals surface area (Å²) in [6.45, 7) is 2.86. The van der Waals surface area contributed by atoms with E-state index in [0.29, 0.717) is 12.0 Å². The second kappa shape index (κ2) is 5.80. The van der Waals surface area contributed by atoms with Crippen LogP contribution in [0.25, 0.3) is 0 Å². The lowest BCUT2D eigenvalue weighted by Gasteiger charge is -2.41. The maximum atomic E-state index is 11.6. The number of hydrogen-bond acceptors (Lipinski definition) is 2.